The Balaban J connectivity index is 2.13. The average molecular weight is 407 g/mol. The van der Waals surface area contributed by atoms with E-state index < -0.39 is 23.2 Å². The maximum absolute atomic E-state index is 13.2. The number of allylic oxidation sites excluding steroid dienone is 2. The number of carbonyl (C=O) groups is 1. The van der Waals surface area contributed by atoms with Crippen molar-refractivity contribution in [1.82, 2.24) is 5.06 Å². The van der Waals surface area contributed by atoms with E-state index in [2.05, 4.69) is 26.7 Å². The molecule has 0 aromatic heterocycles. The number of hydrogen-bond donors (Lipinski definition) is 1. The fourth-order valence-corrected chi connectivity index (χ4v) is 4.16. The lowest BCUT2D eigenvalue weighted by molar-refractivity contribution is -0.138. The Kier molecular flexibility index (Phi) is 6.78. The van der Waals surface area contributed by atoms with Crippen LogP contribution in [-0.2, 0) is 6.18 Å². The molecule has 1 aromatic carbocycles. The Morgan fingerprint density at radius 2 is 1.97 bits per heavy atom. The van der Waals surface area contributed by atoms with Crippen LogP contribution < -0.4 is 0 Å². The lowest BCUT2D eigenvalue weighted by atomic mass is 9.61. The van der Waals surface area contributed by atoms with Gasteiger partial charge in [0.1, 0.15) is 0 Å². The second-order valence-electron chi connectivity index (χ2n) is 8.14. The molecule has 1 N–H and O–H groups in total. The highest BCUT2D eigenvalue weighted by molar-refractivity contribution is 5.95. The summed E-state index contributed by atoms with van der Waals surface area (Å²) in [6.45, 7) is 15.9. The van der Waals surface area contributed by atoms with Crippen molar-refractivity contribution in [2.75, 3.05) is 6.54 Å². The highest BCUT2D eigenvalue weighted by Crippen LogP contribution is 2.48. The molecule has 3 atom stereocenters. The van der Waals surface area contributed by atoms with E-state index in [-0.39, 0.29) is 23.8 Å². The number of hydroxylamine groups is 2. The SMILES string of the molecule is C=C[C@]1(C)CC[C@@H](C(=C)CN(O)C(=O)c2ccccc2C(F)(F)F)C[C@H]1C(=C)C. The summed E-state index contributed by atoms with van der Waals surface area (Å²) in [6, 6.07) is 4.42. The summed E-state index contributed by atoms with van der Waals surface area (Å²) in [7, 11) is 0. The summed E-state index contributed by atoms with van der Waals surface area (Å²) >= 11 is 0. The van der Waals surface area contributed by atoms with Crippen molar-refractivity contribution in [3.8, 4) is 0 Å². The van der Waals surface area contributed by atoms with Crippen LogP contribution in [-0.4, -0.2) is 22.7 Å². The third kappa shape index (κ3) is 4.99. The molecule has 29 heavy (non-hydrogen) atoms. The highest BCUT2D eigenvalue weighted by Gasteiger charge is 2.40. The van der Waals surface area contributed by atoms with Crippen LogP contribution in [0.5, 0.6) is 0 Å². The smallest absolute Gasteiger partial charge is 0.285 e. The molecule has 1 aliphatic rings. The van der Waals surface area contributed by atoms with Gasteiger partial charge in [0.2, 0.25) is 0 Å². The van der Waals surface area contributed by atoms with E-state index in [1.54, 1.807) is 0 Å². The minimum Gasteiger partial charge on any atom is -0.285 e. The number of halogens is 3. The molecule has 1 amide bonds. The predicted octanol–water partition coefficient (Wildman–Crippen LogP) is 6.28. The van der Waals surface area contributed by atoms with Gasteiger partial charge in [-0.25, -0.2) is 5.06 Å². The lowest BCUT2D eigenvalue weighted by Crippen LogP contribution is -2.37. The molecule has 0 spiro atoms. The molecular formula is C23H28F3NO2. The number of alkyl halides is 3. The second kappa shape index (κ2) is 8.57. The molecule has 0 unspecified atom stereocenters. The van der Waals surface area contributed by atoms with Crippen LogP contribution in [0.15, 0.2) is 61.2 Å². The van der Waals surface area contributed by atoms with E-state index in [9.17, 15) is 23.2 Å². The van der Waals surface area contributed by atoms with Gasteiger partial charge in [0.15, 0.2) is 0 Å². The zero-order chi connectivity index (χ0) is 22.0. The number of rotatable bonds is 6. The van der Waals surface area contributed by atoms with Crippen LogP contribution >= 0.6 is 0 Å². The van der Waals surface area contributed by atoms with Gasteiger partial charge in [-0.3, -0.25) is 10.0 Å². The van der Waals surface area contributed by atoms with Crippen LogP contribution in [0, 0.1) is 17.3 Å². The summed E-state index contributed by atoms with van der Waals surface area (Å²) in [5.41, 5.74) is -0.0961. The zero-order valence-corrected chi connectivity index (χ0v) is 16.9. The molecule has 0 saturated heterocycles. The van der Waals surface area contributed by atoms with E-state index in [0.717, 1.165) is 37.0 Å². The van der Waals surface area contributed by atoms with Crippen molar-refractivity contribution >= 4 is 5.91 Å². The molecule has 0 radical (unpaired) electrons. The Hall–Kier alpha value is -2.34. The van der Waals surface area contributed by atoms with Crippen molar-refractivity contribution in [2.45, 2.75) is 39.3 Å². The van der Waals surface area contributed by atoms with E-state index in [1.165, 1.54) is 12.1 Å². The molecule has 158 valence electrons. The third-order valence-corrected chi connectivity index (χ3v) is 6.04. The van der Waals surface area contributed by atoms with Crippen molar-refractivity contribution in [2.24, 2.45) is 17.3 Å². The third-order valence-electron chi connectivity index (χ3n) is 6.04. The number of amides is 1. The van der Waals surface area contributed by atoms with E-state index in [0.29, 0.717) is 10.6 Å². The number of nitrogens with zero attached hydrogens (tertiary/aromatic N) is 1. The van der Waals surface area contributed by atoms with Gasteiger partial charge in [0.25, 0.3) is 5.91 Å². The lowest BCUT2D eigenvalue weighted by Gasteiger charge is -2.44. The molecule has 0 heterocycles. The number of hydrogen-bond acceptors (Lipinski definition) is 2. The van der Waals surface area contributed by atoms with Crippen molar-refractivity contribution in [1.29, 1.82) is 0 Å². The Morgan fingerprint density at radius 3 is 2.52 bits per heavy atom. The number of benzene rings is 1. The molecule has 1 saturated carbocycles. The van der Waals surface area contributed by atoms with Gasteiger partial charge in [-0.2, -0.15) is 13.2 Å². The Bertz CT molecular complexity index is 815. The summed E-state index contributed by atoms with van der Waals surface area (Å²) < 4.78 is 39.5. The van der Waals surface area contributed by atoms with Gasteiger partial charge >= 0.3 is 6.18 Å². The first-order chi connectivity index (χ1) is 13.4. The van der Waals surface area contributed by atoms with Gasteiger partial charge in [0.05, 0.1) is 17.7 Å². The maximum atomic E-state index is 13.2. The predicted molar refractivity (Wildman–Crippen MR) is 107 cm³/mol. The Morgan fingerprint density at radius 1 is 1.34 bits per heavy atom. The van der Waals surface area contributed by atoms with Crippen LogP contribution in [0.1, 0.15) is 49.0 Å². The van der Waals surface area contributed by atoms with E-state index in [4.69, 9.17) is 0 Å². The van der Waals surface area contributed by atoms with Gasteiger partial charge in [-0.1, -0.05) is 49.4 Å². The molecule has 3 nitrogen and oxygen atoms in total. The maximum Gasteiger partial charge on any atom is 0.417 e. The molecule has 6 heteroatoms. The second-order valence-corrected chi connectivity index (χ2v) is 8.14. The fourth-order valence-electron chi connectivity index (χ4n) is 4.16. The van der Waals surface area contributed by atoms with Crippen LogP contribution in [0.25, 0.3) is 0 Å². The summed E-state index contributed by atoms with van der Waals surface area (Å²) in [5, 5.41) is 10.5. The van der Waals surface area contributed by atoms with Crippen molar-refractivity contribution < 1.29 is 23.2 Å². The van der Waals surface area contributed by atoms with Crippen LogP contribution in [0.3, 0.4) is 0 Å². The van der Waals surface area contributed by atoms with Crippen LogP contribution in [0.2, 0.25) is 0 Å². The number of carbonyl (C=O) groups excluding carboxylic acids is 1. The topological polar surface area (TPSA) is 40.5 Å². The van der Waals surface area contributed by atoms with Gasteiger partial charge < -0.3 is 0 Å². The molecule has 0 bridgehead atoms. The van der Waals surface area contributed by atoms with Crippen LogP contribution in [0.4, 0.5) is 13.2 Å². The first-order valence-corrected chi connectivity index (χ1v) is 9.54. The Labute approximate surface area is 170 Å². The molecule has 0 aliphatic heterocycles. The quantitative estimate of drug-likeness (QED) is 0.343. The average Bonchev–Trinajstić information content (AvgIpc) is 2.66. The molecule has 1 aliphatic carbocycles. The summed E-state index contributed by atoms with van der Waals surface area (Å²) in [4.78, 5) is 12.5. The van der Waals surface area contributed by atoms with Gasteiger partial charge in [-0.05, 0) is 55.6 Å². The fraction of sp³-hybridized carbons (Fsp3) is 0.435. The standard InChI is InChI=1S/C23H28F3NO2/c1-6-22(5)12-11-17(13-20(22)15(2)3)16(4)14-27(29)21(28)18-9-7-8-10-19(18)23(24,25)26/h6-10,17,20,29H,1-2,4,11-14H2,3,5H3/t17-,20+,22-/m1/s1. The van der Waals surface area contributed by atoms with Gasteiger partial charge in [-0.15, -0.1) is 6.58 Å². The zero-order valence-electron chi connectivity index (χ0n) is 16.9. The highest BCUT2D eigenvalue weighted by atomic mass is 19.4. The molecule has 1 fully saturated rings. The normalized spacial score (nSPS) is 24.6. The van der Waals surface area contributed by atoms with Crippen molar-refractivity contribution in [3.05, 3.63) is 72.4 Å². The van der Waals surface area contributed by atoms with E-state index in [1.807, 2.05) is 13.0 Å². The molecule has 1 aromatic rings. The molecular weight excluding hydrogens is 379 g/mol. The van der Waals surface area contributed by atoms with Crippen molar-refractivity contribution in [3.63, 3.8) is 0 Å². The first kappa shape index (κ1) is 22.9. The van der Waals surface area contributed by atoms with Gasteiger partial charge in [0, 0.05) is 0 Å². The molecule has 2 rings (SSSR count). The first-order valence-electron chi connectivity index (χ1n) is 9.54. The van der Waals surface area contributed by atoms with E-state index >= 15 is 0 Å². The summed E-state index contributed by atoms with van der Waals surface area (Å²) in [6.07, 6.45) is -0.337. The largest absolute Gasteiger partial charge is 0.417 e. The minimum atomic E-state index is -4.68. The minimum absolute atomic E-state index is 0.0324. The monoisotopic (exact) mass is 407 g/mol. The summed E-state index contributed by atoms with van der Waals surface area (Å²) in [5.74, 6) is -0.878.